The van der Waals surface area contributed by atoms with Gasteiger partial charge in [-0.1, -0.05) is 0 Å². The van der Waals surface area contributed by atoms with E-state index in [1.165, 1.54) is 19.3 Å². The molecule has 1 aliphatic rings. The van der Waals surface area contributed by atoms with E-state index in [4.69, 9.17) is 4.74 Å². The summed E-state index contributed by atoms with van der Waals surface area (Å²) in [5.74, 6) is 2.52. The van der Waals surface area contributed by atoms with Crippen molar-refractivity contribution in [2.75, 3.05) is 37.4 Å². The molecule has 1 aliphatic heterocycles. The predicted molar refractivity (Wildman–Crippen MR) is 68.2 cm³/mol. The van der Waals surface area contributed by atoms with Gasteiger partial charge in [0, 0.05) is 32.9 Å². The van der Waals surface area contributed by atoms with Crippen molar-refractivity contribution in [3.05, 3.63) is 12.4 Å². The van der Waals surface area contributed by atoms with Crippen LogP contribution in [0.5, 0.6) is 0 Å². The van der Waals surface area contributed by atoms with Crippen molar-refractivity contribution in [3.63, 3.8) is 0 Å². The van der Waals surface area contributed by atoms with Gasteiger partial charge in [0.2, 0.25) is 0 Å². The maximum atomic E-state index is 5.35. The molecule has 0 saturated carbocycles. The molecular formula is C12H20N4O. The molecule has 94 valence electrons. The van der Waals surface area contributed by atoms with E-state index in [2.05, 4.69) is 20.6 Å². The third-order valence-electron chi connectivity index (χ3n) is 3.12. The Morgan fingerprint density at radius 2 is 2.06 bits per heavy atom. The molecule has 0 radical (unpaired) electrons. The Morgan fingerprint density at radius 1 is 1.29 bits per heavy atom. The van der Waals surface area contributed by atoms with E-state index in [9.17, 15) is 0 Å². The number of anilines is 2. The van der Waals surface area contributed by atoms with Gasteiger partial charge >= 0.3 is 0 Å². The van der Waals surface area contributed by atoms with Crippen molar-refractivity contribution in [3.8, 4) is 0 Å². The van der Waals surface area contributed by atoms with Crippen molar-refractivity contribution in [1.29, 1.82) is 0 Å². The average molecular weight is 236 g/mol. The van der Waals surface area contributed by atoms with E-state index in [1.54, 1.807) is 6.33 Å². The lowest BCUT2D eigenvalue weighted by molar-refractivity contribution is 0.0649. The van der Waals surface area contributed by atoms with E-state index >= 15 is 0 Å². The van der Waals surface area contributed by atoms with Crippen LogP contribution in [0, 0.1) is 5.92 Å². The SMILES string of the molecule is CNc1cc(NCCC2CCOCC2)ncn1. The summed E-state index contributed by atoms with van der Waals surface area (Å²) in [5, 5.41) is 6.33. The number of ether oxygens (including phenoxy) is 1. The van der Waals surface area contributed by atoms with E-state index < -0.39 is 0 Å². The zero-order valence-corrected chi connectivity index (χ0v) is 10.3. The molecule has 0 aliphatic carbocycles. The minimum Gasteiger partial charge on any atom is -0.381 e. The first-order valence-electron chi connectivity index (χ1n) is 6.20. The van der Waals surface area contributed by atoms with Crippen LogP contribution in [0.2, 0.25) is 0 Å². The Bertz CT molecular complexity index is 339. The Balaban J connectivity index is 1.73. The Hall–Kier alpha value is -1.36. The van der Waals surface area contributed by atoms with E-state index in [1.807, 2.05) is 13.1 Å². The van der Waals surface area contributed by atoms with Gasteiger partial charge in [-0.2, -0.15) is 0 Å². The first-order valence-corrected chi connectivity index (χ1v) is 6.20. The van der Waals surface area contributed by atoms with Crippen molar-refractivity contribution in [2.24, 2.45) is 5.92 Å². The summed E-state index contributed by atoms with van der Waals surface area (Å²) >= 11 is 0. The molecule has 2 heterocycles. The van der Waals surface area contributed by atoms with Crippen molar-refractivity contribution >= 4 is 11.6 Å². The fourth-order valence-corrected chi connectivity index (χ4v) is 2.03. The van der Waals surface area contributed by atoms with Gasteiger partial charge in [-0.05, 0) is 25.2 Å². The second-order valence-electron chi connectivity index (χ2n) is 4.31. The molecule has 0 bridgehead atoms. The van der Waals surface area contributed by atoms with Gasteiger partial charge in [-0.15, -0.1) is 0 Å². The summed E-state index contributed by atoms with van der Waals surface area (Å²) < 4.78 is 5.35. The van der Waals surface area contributed by atoms with Crippen molar-refractivity contribution in [1.82, 2.24) is 9.97 Å². The first-order chi connectivity index (χ1) is 8.38. The predicted octanol–water partition coefficient (Wildman–Crippen LogP) is 1.75. The molecule has 0 atom stereocenters. The summed E-state index contributed by atoms with van der Waals surface area (Å²) in [7, 11) is 1.86. The molecule has 0 spiro atoms. The topological polar surface area (TPSA) is 59.1 Å². The molecule has 1 fully saturated rings. The lowest BCUT2D eigenvalue weighted by atomic mass is 9.97. The van der Waals surface area contributed by atoms with Gasteiger partial charge in [-0.3, -0.25) is 0 Å². The van der Waals surface area contributed by atoms with Crippen LogP contribution in [0.4, 0.5) is 11.6 Å². The molecule has 17 heavy (non-hydrogen) atoms. The third-order valence-corrected chi connectivity index (χ3v) is 3.12. The number of hydrogen-bond donors (Lipinski definition) is 2. The van der Waals surface area contributed by atoms with Crippen molar-refractivity contribution < 1.29 is 4.74 Å². The summed E-state index contributed by atoms with van der Waals surface area (Å²) in [4.78, 5) is 8.26. The number of nitrogens with one attached hydrogen (secondary N) is 2. The van der Waals surface area contributed by atoms with Crippen LogP contribution >= 0.6 is 0 Å². The highest BCUT2D eigenvalue weighted by molar-refractivity contribution is 5.45. The highest BCUT2D eigenvalue weighted by atomic mass is 16.5. The van der Waals surface area contributed by atoms with Crippen LogP contribution in [0.15, 0.2) is 12.4 Å². The normalized spacial score (nSPS) is 16.8. The van der Waals surface area contributed by atoms with Gasteiger partial charge in [0.25, 0.3) is 0 Å². The summed E-state index contributed by atoms with van der Waals surface area (Å²) in [6.07, 6.45) is 5.13. The van der Waals surface area contributed by atoms with Crippen molar-refractivity contribution in [2.45, 2.75) is 19.3 Å². The largest absolute Gasteiger partial charge is 0.381 e. The molecule has 1 saturated heterocycles. The first kappa shape index (κ1) is 12.1. The van der Waals surface area contributed by atoms with Gasteiger partial charge < -0.3 is 15.4 Å². The molecule has 2 N–H and O–H groups in total. The molecule has 5 heteroatoms. The van der Waals surface area contributed by atoms with Gasteiger partial charge in [0.15, 0.2) is 0 Å². The second-order valence-corrected chi connectivity index (χ2v) is 4.31. The lowest BCUT2D eigenvalue weighted by Crippen LogP contribution is -2.18. The molecule has 1 aromatic rings. The zero-order valence-electron chi connectivity index (χ0n) is 10.3. The number of hydrogen-bond acceptors (Lipinski definition) is 5. The van der Waals surface area contributed by atoms with E-state index in [0.717, 1.165) is 37.3 Å². The highest BCUT2D eigenvalue weighted by Crippen LogP contribution is 2.18. The number of aromatic nitrogens is 2. The van der Waals surface area contributed by atoms with Crippen LogP contribution in [-0.4, -0.2) is 36.8 Å². The number of nitrogens with zero attached hydrogens (tertiary/aromatic N) is 2. The number of rotatable bonds is 5. The fourth-order valence-electron chi connectivity index (χ4n) is 2.03. The van der Waals surface area contributed by atoms with Crippen LogP contribution in [0.1, 0.15) is 19.3 Å². The minimum atomic E-state index is 0.793. The van der Waals surface area contributed by atoms with Gasteiger partial charge in [0.05, 0.1) is 0 Å². The molecule has 0 unspecified atom stereocenters. The maximum Gasteiger partial charge on any atom is 0.131 e. The van der Waals surface area contributed by atoms with E-state index in [-0.39, 0.29) is 0 Å². The third kappa shape index (κ3) is 3.85. The molecular weight excluding hydrogens is 216 g/mol. The second kappa shape index (κ2) is 6.39. The monoisotopic (exact) mass is 236 g/mol. The highest BCUT2D eigenvalue weighted by Gasteiger charge is 2.12. The Labute approximate surface area is 102 Å². The summed E-state index contributed by atoms with van der Waals surface area (Å²) in [5.41, 5.74) is 0. The molecule has 2 rings (SSSR count). The quantitative estimate of drug-likeness (QED) is 0.815. The Morgan fingerprint density at radius 3 is 2.82 bits per heavy atom. The molecule has 0 aromatic carbocycles. The van der Waals surface area contributed by atoms with Gasteiger partial charge in [-0.25, -0.2) is 9.97 Å². The fraction of sp³-hybridized carbons (Fsp3) is 0.667. The van der Waals surface area contributed by atoms with Gasteiger partial charge in [0.1, 0.15) is 18.0 Å². The Kier molecular flexibility index (Phi) is 4.55. The molecule has 1 aromatic heterocycles. The lowest BCUT2D eigenvalue weighted by Gasteiger charge is -2.21. The average Bonchev–Trinajstić information content (AvgIpc) is 2.40. The minimum absolute atomic E-state index is 0.793. The van der Waals surface area contributed by atoms with Crippen LogP contribution in [0.25, 0.3) is 0 Å². The standard InChI is InChI=1S/C12H20N4O/c1-13-11-8-12(16-9-15-11)14-5-2-10-3-6-17-7-4-10/h8-10H,2-7H2,1H3,(H2,13,14,15,16). The van der Waals surface area contributed by atoms with E-state index in [0.29, 0.717) is 0 Å². The maximum absolute atomic E-state index is 5.35. The molecule has 5 nitrogen and oxygen atoms in total. The zero-order chi connectivity index (χ0) is 11.9. The van der Waals surface area contributed by atoms with Crippen LogP contribution < -0.4 is 10.6 Å². The van der Waals surface area contributed by atoms with Crippen LogP contribution in [0.3, 0.4) is 0 Å². The molecule has 0 amide bonds. The van der Waals surface area contributed by atoms with Crippen LogP contribution in [-0.2, 0) is 4.74 Å². The summed E-state index contributed by atoms with van der Waals surface area (Å²) in [6.45, 7) is 2.80. The smallest absolute Gasteiger partial charge is 0.131 e. The summed E-state index contributed by atoms with van der Waals surface area (Å²) in [6, 6.07) is 1.92.